The summed E-state index contributed by atoms with van der Waals surface area (Å²) in [5.74, 6) is 0. The van der Waals surface area contributed by atoms with Gasteiger partial charge in [0, 0.05) is 0 Å². The molecule has 0 bridgehead atoms. The molecule has 0 atom stereocenters. The molecule has 0 amide bonds. The monoisotopic (exact) mass is 144 g/mol. The van der Waals surface area contributed by atoms with Crippen molar-refractivity contribution in [3.8, 4) is 0 Å². The SMILES string of the molecule is [F][Al]([F])[Br]. The Bertz CT molecular complexity index is 10.8. The van der Waals surface area contributed by atoms with Gasteiger partial charge in [-0.05, 0) is 0 Å². The zero-order valence-corrected chi connectivity index (χ0v) is 4.45. The normalized spacial score (nSPS) is 6.75. The zero-order chi connectivity index (χ0) is 3.58. The molecule has 0 heterocycles. The zero-order valence-electron chi connectivity index (χ0n) is 1.71. The van der Waals surface area contributed by atoms with Crippen molar-refractivity contribution < 1.29 is 7.05 Å². The lowest BCUT2D eigenvalue weighted by Gasteiger charge is -1.54. The van der Waals surface area contributed by atoms with Crippen LogP contribution in [0.3, 0.4) is 0 Å². The van der Waals surface area contributed by atoms with Gasteiger partial charge in [-0.2, -0.15) is 0 Å². The Morgan fingerprint density at radius 1 is 1.50 bits per heavy atom. The Balaban J connectivity index is 2.32. The lowest BCUT2D eigenvalue weighted by Crippen LogP contribution is -1.71. The van der Waals surface area contributed by atoms with E-state index in [0.29, 0.717) is 0 Å². The lowest BCUT2D eigenvalue weighted by atomic mass is 18.8. The topological polar surface area (TPSA) is 0 Å². The quantitative estimate of drug-likeness (QED) is 0.450. The molecule has 0 unspecified atom stereocenters. The summed E-state index contributed by atoms with van der Waals surface area (Å²) in [4.78, 5) is 0. The van der Waals surface area contributed by atoms with E-state index in [2.05, 4.69) is 14.1 Å². The highest BCUT2D eigenvalue weighted by molar-refractivity contribution is 9.24. The van der Waals surface area contributed by atoms with E-state index in [1.807, 2.05) is 0 Å². The van der Waals surface area contributed by atoms with Gasteiger partial charge in [-0.3, -0.25) is 0 Å². The van der Waals surface area contributed by atoms with E-state index < -0.39 is 13.2 Å². The van der Waals surface area contributed by atoms with Crippen molar-refractivity contribution >= 4 is 27.3 Å². The third-order valence-electron chi connectivity index (χ3n) is 0. The van der Waals surface area contributed by atoms with E-state index in [1.54, 1.807) is 0 Å². The molecule has 4 heteroatoms. The first-order chi connectivity index (χ1) is 1.73. The van der Waals surface area contributed by atoms with E-state index in [4.69, 9.17) is 0 Å². The predicted octanol–water partition coefficient (Wildman–Crippen LogP) is 1.31. The number of hydrogen-bond acceptors (Lipinski definition) is 0. The second-order valence-electron chi connectivity index (χ2n) is 0.247. The summed E-state index contributed by atoms with van der Waals surface area (Å²) in [6.45, 7) is 0. The Morgan fingerprint density at radius 3 is 1.50 bits per heavy atom. The van der Waals surface area contributed by atoms with Gasteiger partial charge in [0.05, 0.1) is 0 Å². The van der Waals surface area contributed by atoms with Crippen LogP contribution in [0.25, 0.3) is 0 Å². The van der Waals surface area contributed by atoms with E-state index in [9.17, 15) is 7.05 Å². The molecule has 0 fully saturated rings. The molecule has 0 N–H and O–H groups in total. The third kappa shape index (κ3) is 13.2. The van der Waals surface area contributed by atoms with Gasteiger partial charge in [0.2, 0.25) is 0 Å². The Hall–Kier alpha value is 0.872. The maximum absolute atomic E-state index is 10.4. The van der Waals surface area contributed by atoms with Gasteiger partial charge in [-0.15, -0.1) is 14.1 Å². The van der Waals surface area contributed by atoms with Crippen LogP contribution >= 0.6 is 14.1 Å². The molecular weight excluding hydrogens is 145 g/mol. The average Bonchev–Trinajstić information content (AvgIpc) is 0.811. The van der Waals surface area contributed by atoms with Crippen LogP contribution in [0.1, 0.15) is 0 Å². The summed E-state index contributed by atoms with van der Waals surface area (Å²) in [5.41, 5.74) is 0. The van der Waals surface area contributed by atoms with Crippen molar-refractivity contribution in [1.82, 2.24) is 0 Å². The molecule has 0 radical (unpaired) electrons. The molecule has 0 aromatic rings. The van der Waals surface area contributed by atoms with Gasteiger partial charge in [0.15, 0.2) is 0 Å². The second kappa shape index (κ2) is 2.13. The molecule has 24 valence electrons. The van der Waals surface area contributed by atoms with Crippen molar-refractivity contribution in [2.75, 3.05) is 0 Å². The summed E-state index contributed by atoms with van der Waals surface area (Å²) in [6.07, 6.45) is 0. The fourth-order valence-corrected chi connectivity index (χ4v) is 0. The average molecular weight is 145 g/mol. The van der Waals surface area contributed by atoms with E-state index in [-0.39, 0.29) is 0 Å². The van der Waals surface area contributed by atoms with Crippen molar-refractivity contribution in [3.05, 3.63) is 0 Å². The molecule has 0 aromatic heterocycles. The molecule has 0 aromatic carbocycles. The Labute approximate surface area is 34.8 Å². The van der Waals surface area contributed by atoms with Crippen LogP contribution in [0, 0.1) is 0 Å². The van der Waals surface area contributed by atoms with Crippen molar-refractivity contribution in [2.24, 2.45) is 0 Å². The van der Waals surface area contributed by atoms with Gasteiger partial charge in [0.1, 0.15) is 0 Å². The van der Waals surface area contributed by atoms with Crippen LogP contribution in [0.2, 0.25) is 0 Å². The minimum Gasteiger partial charge on any atom is -0.365 e. The highest BCUT2D eigenvalue weighted by atomic mass is 79.9. The largest absolute Gasteiger partial charge is 0.858 e. The summed E-state index contributed by atoms with van der Waals surface area (Å²) >= 11 is -1.25. The fraction of sp³-hybridized carbons (Fsp3) is 0. The van der Waals surface area contributed by atoms with Crippen molar-refractivity contribution in [1.29, 1.82) is 0 Å². The Kier molecular flexibility index (Phi) is 2.60. The number of hydrogen-bond donors (Lipinski definition) is 0. The minimum absolute atomic E-state index is 2.08. The first-order valence-corrected chi connectivity index (χ1v) is 4.71. The van der Waals surface area contributed by atoms with Crippen molar-refractivity contribution in [2.45, 2.75) is 0 Å². The second-order valence-corrected chi connectivity index (χ2v) is 2.82. The smallest absolute Gasteiger partial charge is 0.365 e. The van der Waals surface area contributed by atoms with Gasteiger partial charge in [-0.25, -0.2) is 0 Å². The maximum Gasteiger partial charge on any atom is 0.858 e. The molecule has 0 aliphatic carbocycles. The molecule has 0 rings (SSSR count). The Morgan fingerprint density at radius 2 is 1.50 bits per heavy atom. The molecule has 0 saturated heterocycles. The van der Waals surface area contributed by atoms with E-state index in [0.717, 1.165) is 0 Å². The highest BCUT2D eigenvalue weighted by Crippen LogP contribution is 1.91. The number of rotatable bonds is 0. The van der Waals surface area contributed by atoms with Crippen LogP contribution in [-0.2, 0) is 0 Å². The summed E-state index contributed by atoms with van der Waals surface area (Å²) in [6, 6.07) is 0. The third-order valence-corrected chi connectivity index (χ3v) is 0. The van der Waals surface area contributed by atoms with Gasteiger partial charge >= 0.3 is 13.2 Å². The molecule has 4 heavy (non-hydrogen) atoms. The fourth-order valence-electron chi connectivity index (χ4n) is 0. The molecule has 0 aliphatic rings. The van der Waals surface area contributed by atoms with Crippen LogP contribution in [0.5, 0.6) is 0 Å². The molecule has 0 nitrogen and oxygen atoms in total. The van der Waals surface area contributed by atoms with Crippen LogP contribution in [0.15, 0.2) is 0 Å². The van der Waals surface area contributed by atoms with E-state index >= 15 is 0 Å². The standard InChI is InChI=1S/Al.BrH.2FH/h;3*1H/q+3;;;/p-3. The van der Waals surface area contributed by atoms with E-state index in [1.165, 1.54) is 0 Å². The predicted molar refractivity (Wildman–Crippen MR) is 16.9 cm³/mol. The molecule has 0 spiro atoms. The summed E-state index contributed by atoms with van der Waals surface area (Å²) < 4.78 is 20.8. The lowest BCUT2D eigenvalue weighted by molar-refractivity contribution is 0.703. The summed E-state index contributed by atoms with van der Waals surface area (Å²) in [5, 5.41) is 0. The maximum atomic E-state index is 10.4. The van der Waals surface area contributed by atoms with Crippen LogP contribution in [0.4, 0.5) is 7.05 Å². The summed E-state index contributed by atoms with van der Waals surface area (Å²) in [7, 11) is 0. The first kappa shape index (κ1) is 4.87. The van der Waals surface area contributed by atoms with Crippen LogP contribution < -0.4 is 0 Å². The molecule has 0 aliphatic heterocycles. The minimum atomic E-state index is -3.33. The first-order valence-electron chi connectivity index (χ1n) is 0.655. The van der Waals surface area contributed by atoms with Gasteiger partial charge < -0.3 is 7.05 Å². The van der Waals surface area contributed by atoms with Crippen molar-refractivity contribution in [3.63, 3.8) is 0 Å². The van der Waals surface area contributed by atoms with Gasteiger partial charge in [-0.1, -0.05) is 0 Å². The number of halogens is 3. The molecule has 0 saturated carbocycles. The molecular formula is AlBrF2. The van der Waals surface area contributed by atoms with Gasteiger partial charge in [0.25, 0.3) is 0 Å². The highest BCUT2D eigenvalue weighted by Gasteiger charge is 2.11. The van der Waals surface area contributed by atoms with Crippen LogP contribution in [-0.4, -0.2) is 13.2 Å².